The van der Waals surface area contributed by atoms with Crippen LogP contribution in [-0.2, 0) is 11.2 Å². The van der Waals surface area contributed by atoms with Crippen molar-refractivity contribution >= 4 is 11.6 Å². The van der Waals surface area contributed by atoms with Gasteiger partial charge in [0.15, 0.2) is 5.76 Å². The van der Waals surface area contributed by atoms with E-state index < -0.39 is 0 Å². The molecule has 0 radical (unpaired) electrons. The summed E-state index contributed by atoms with van der Waals surface area (Å²) in [5.41, 5.74) is 2.53. The maximum absolute atomic E-state index is 13.1. The van der Waals surface area contributed by atoms with Gasteiger partial charge in [-0.3, -0.25) is 4.79 Å². The van der Waals surface area contributed by atoms with Gasteiger partial charge in [-0.1, -0.05) is 5.16 Å². The summed E-state index contributed by atoms with van der Waals surface area (Å²) in [6, 6.07) is 12.4. The molecule has 0 atom stereocenters. The number of aryl methyl sites for hydroxylation is 1. The number of hydrogen-bond acceptors (Lipinski definition) is 4. The molecule has 1 fully saturated rings. The molecule has 0 bridgehead atoms. The second-order valence-electron chi connectivity index (χ2n) is 7.03. The minimum atomic E-state index is -0.315. The SMILES string of the molecule is O=C(CCc1cnoc1-c1ccc(F)cc1)N1CCN(c2ccc(F)cc2)CC1. The fourth-order valence-electron chi connectivity index (χ4n) is 3.54. The first-order valence-corrected chi connectivity index (χ1v) is 9.58. The highest BCUT2D eigenvalue weighted by Gasteiger charge is 2.22. The van der Waals surface area contributed by atoms with Gasteiger partial charge in [0, 0.05) is 49.4 Å². The van der Waals surface area contributed by atoms with Crippen molar-refractivity contribution in [2.24, 2.45) is 0 Å². The highest BCUT2D eigenvalue weighted by atomic mass is 19.1. The van der Waals surface area contributed by atoms with Gasteiger partial charge in [-0.2, -0.15) is 0 Å². The summed E-state index contributed by atoms with van der Waals surface area (Å²) in [7, 11) is 0. The van der Waals surface area contributed by atoms with Crippen molar-refractivity contribution in [1.82, 2.24) is 10.1 Å². The molecule has 3 aromatic rings. The molecule has 0 aliphatic carbocycles. The van der Waals surface area contributed by atoms with Crippen LogP contribution in [0, 0.1) is 11.6 Å². The molecule has 2 heterocycles. The van der Waals surface area contributed by atoms with Gasteiger partial charge in [0.2, 0.25) is 5.91 Å². The van der Waals surface area contributed by atoms with Crippen LogP contribution in [0.25, 0.3) is 11.3 Å². The zero-order valence-electron chi connectivity index (χ0n) is 15.9. The average molecular weight is 397 g/mol. The van der Waals surface area contributed by atoms with Crippen LogP contribution in [0.4, 0.5) is 14.5 Å². The molecule has 29 heavy (non-hydrogen) atoms. The van der Waals surface area contributed by atoms with E-state index in [-0.39, 0.29) is 17.5 Å². The first-order valence-electron chi connectivity index (χ1n) is 9.58. The Morgan fingerprint density at radius 2 is 1.55 bits per heavy atom. The van der Waals surface area contributed by atoms with Crippen LogP contribution >= 0.6 is 0 Å². The highest BCUT2D eigenvalue weighted by molar-refractivity contribution is 5.77. The second kappa shape index (κ2) is 8.43. The van der Waals surface area contributed by atoms with Crippen molar-refractivity contribution in [1.29, 1.82) is 0 Å². The van der Waals surface area contributed by atoms with E-state index in [0.717, 1.165) is 16.8 Å². The molecule has 1 aromatic heterocycles. The Morgan fingerprint density at radius 3 is 2.21 bits per heavy atom. The van der Waals surface area contributed by atoms with E-state index in [0.29, 0.717) is 44.8 Å². The maximum atomic E-state index is 13.1. The lowest BCUT2D eigenvalue weighted by Crippen LogP contribution is -2.48. The third-order valence-corrected chi connectivity index (χ3v) is 5.18. The third kappa shape index (κ3) is 4.45. The van der Waals surface area contributed by atoms with Crippen LogP contribution in [-0.4, -0.2) is 42.1 Å². The van der Waals surface area contributed by atoms with Crippen molar-refractivity contribution in [3.8, 4) is 11.3 Å². The van der Waals surface area contributed by atoms with Gasteiger partial charge in [-0.25, -0.2) is 8.78 Å². The van der Waals surface area contributed by atoms with Crippen LogP contribution in [0.5, 0.6) is 0 Å². The molecule has 150 valence electrons. The van der Waals surface area contributed by atoms with Gasteiger partial charge in [0.25, 0.3) is 0 Å². The first kappa shape index (κ1) is 19.1. The molecule has 7 heteroatoms. The number of benzene rings is 2. The number of halogens is 2. The van der Waals surface area contributed by atoms with E-state index in [2.05, 4.69) is 10.1 Å². The Labute approximate surface area is 167 Å². The quantitative estimate of drug-likeness (QED) is 0.655. The molecule has 1 aliphatic heterocycles. The predicted octanol–water partition coefficient (Wildman–Crippen LogP) is 3.90. The van der Waals surface area contributed by atoms with E-state index in [1.807, 2.05) is 4.90 Å². The van der Waals surface area contributed by atoms with Gasteiger partial charge < -0.3 is 14.3 Å². The van der Waals surface area contributed by atoms with Gasteiger partial charge in [-0.05, 0) is 55.0 Å². The largest absolute Gasteiger partial charge is 0.368 e. The van der Waals surface area contributed by atoms with Gasteiger partial charge in [0.05, 0.1) is 6.20 Å². The number of nitrogens with zero attached hydrogens (tertiary/aromatic N) is 3. The van der Waals surface area contributed by atoms with Gasteiger partial charge >= 0.3 is 0 Å². The lowest BCUT2D eigenvalue weighted by atomic mass is 10.0. The van der Waals surface area contributed by atoms with Crippen LogP contribution < -0.4 is 4.90 Å². The molecule has 2 aromatic carbocycles. The standard InChI is InChI=1S/C22H21F2N3O2/c23-18-4-1-16(2-5-18)22-17(15-25-29-22)3-10-21(28)27-13-11-26(12-14-27)20-8-6-19(24)7-9-20/h1-2,4-9,15H,3,10-14H2. The normalized spacial score (nSPS) is 14.3. The second-order valence-corrected chi connectivity index (χ2v) is 7.03. The van der Waals surface area contributed by atoms with Gasteiger partial charge in [-0.15, -0.1) is 0 Å². The highest BCUT2D eigenvalue weighted by Crippen LogP contribution is 2.25. The molecule has 1 amide bonds. The minimum Gasteiger partial charge on any atom is -0.368 e. The topological polar surface area (TPSA) is 49.6 Å². The van der Waals surface area contributed by atoms with Crippen LogP contribution in [0.3, 0.4) is 0 Å². The van der Waals surface area contributed by atoms with E-state index >= 15 is 0 Å². The average Bonchev–Trinajstić information content (AvgIpc) is 3.22. The van der Waals surface area contributed by atoms with Gasteiger partial charge in [0.1, 0.15) is 11.6 Å². The zero-order chi connectivity index (χ0) is 20.2. The summed E-state index contributed by atoms with van der Waals surface area (Å²) < 4.78 is 31.5. The third-order valence-electron chi connectivity index (χ3n) is 5.18. The summed E-state index contributed by atoms with van der Waals surface area (Å²) in [5.74, 6) is 0.0787. The number of rotatable bonds is 5. The molecule has 1 saturated heterocycles. The minimum absolute atomic E-state index is 0.0787. The Kier molecular flexibility index (Phi) is 5.55. The number of carbonyl (C=O) groups excluding carboxylic acids is 1. The van der Waals surface area contributed by atoms with Crippen molar-refractivity contribution in [3.63, 3.8) is 0 Å². The van der Waals surface area contributed by atoms with E-state index in [1.54, 1.807) is 30.5 Å². The smallest absolute Gasteiger partial charge is 0.223 e. The molecular formula is C22H21F2N3O2. The lowest BCUT2D eigenvalue weighted by molar-refractivity contribution is -0.131. The zero-order valence-corrected chi connectivity index (χ0v) is 15.9. The molecule has 4 rings (SSSR count). The fourth-order valence-corrected chi connectivity index (χ4v) is 3.54. The summed E-state index contributed by atoms with van der Waals surface area (Å²) in [6.07, 6.45) is 2.47. The molecule has 5 nitrogen and oxygen atoms in total. The number of carbonyl (C=O) groups is 1. The fraction of sp³-hybridized carbons (Fsp3) is 0.273. The number of piperazine rings is 1. The van der Waals surface area contributed by atoms with Crippen molar-refractivity contribution in [3.05, 3.63) is 71.9 Å². The summed E-state index contributed by atoms with van der Waals surface area (Å²) in [4.78, 5) is 16.6. The first-order chi connectivity index (χ1) is 14.1. The van der Waals surface area contributed by atoms with Crippen molar-refractivity contribution in [2.45, 2.75) is 12.8 Å². The van der Waals surface area contributed by atoms with Crippen molar-refractivity contribution < 1.29 is 18.1 Å². The predicted molar refractivity (Wildman–Crippen MR) is 105 cm³/mol. The maximum Gasteiger partial charge on any atom is 0.223 e. The lowest BCUT2D eigenvalue weighted by Gasteiger charge is -2.36. The Bertz CT molecular complexity index is 962. The molecule has 1 aliphatic rings. The number of aromatic nitrogens is 1. The Balaban J connectivity index is 1.32. The van der Waals surface area contributed by atoms with Crippen molar-refractivity contribution in [2.75, 3.05) is 31.1 Å². The molecule has 0 unspecified atom stereocenters. The Hall–Kier alpha value is -3.22. The Morgan fingerprint density at radius 1 is 0.931 bits per heavy atom. The number of anilines is 1. The molecule has 0 spiro atoms. The van der Waals surface area contributed by atoms with Crippen LogP contribution in [0.2, 0.25) is 0 Å². The molecule has 0 saturated carbocycles. The summed E-state index contributed by atoms with van der Waals surface area (Å²) >= 11 is 0. The van der Waals surface area contributed by atoms with E-state index in [9.17, 15) is 13.6 Å². The molecular weight excluding hydrogens is 376 g/mol. The van der Waals surface area contributed by atoms with E-state index in [1.165, 1.54) is 24.3 Å². The number of amides is 1. The summed E-state index contributed by atoms with van der Waals surface area (Å²) in [5, 5.41) is 3.83. The molecule has 0 N–H and O–H groups in total. The summed E-state index contributed by atoms with van der Waals surface area (Å²) in [6.45, 7) is 2.69. The monoisotopic (exact) mass is 397 g/mol. The van der Waals surface area contributed by atoms with Crippen LogP contribution in [0.15, 0.2) is 59.3 Å². The van der Waals surface area contributed by atoms with E-state index in [4.69, 9.17) is 4.52 Å². The number of hydrogen-bond donors (Lipinski definition) is 0. The van der Waals surface area contributed by atoms with Crippen LogP contribution in [0.1, 0.15) is 12.0 Å².